The van der Waals surface area contributed by atoms with Gasteiger partial charge in [0.25, 0.3) is 0 Å². The number of aliphatic hydroxyl groups excluding tert-OH is 2. The van der Waals surface area contributed by atoms with E-state index in [0.717, 1.165) is 10.3 Å². The first-order chi connectivity index (χ1) is 14.7. The number of rotatable bonds is 8. The van der Waals surface area contributed by atoms with Gasteiger partial charge < -0.3 is 34.5 Å². The van der Waals surface area contributed by atoms with Gasteiger partial charge in [0.1, 0.15) is 17.9 Å². The third kappa shape index (κ3) is 4.56. The Morgan fingerprint density at radius 1 is 1.28 bits per heavy atom. The smallest absolute Gasteiger partial charge is 0.359 e. The van der Waals surface area contributed by atoms with Gasteiger partial charge in [-0.25, -0.2) is 4.79 Å². The van der Waals surface area contributed by atoms with Crippen molar-refractivity contribution in [3.05, 3.63) is 28.4 Å². The predicted molar refractivity (Wildman–Crippen MR) is 116 cm³/mol. The summed E-state index contributed by atoms with van der Waals surface area (Å²) in [4.78, 5) is 29.8. The molecule has 3 heterocycles. The van der Waals surface area contributed by atoms with Gasteiger partial charge in [0.15, 0.2) is 11.6 Å². The van der Waals surface area contributed by atoms with E-state index in [1.807, 2.05) is 6.92 Å². The van der Waals surface area contributed by atoms with Crippen LogP contribution in [0.3, 0.4) is 0 Å². The molecular formula is C20H32N3O8P. The highest BCUT2D eigenvalue weighted by Crippen LogP contribution is 2.59. The molecule has 0 saturated carbocycles. The van der Waals surface area contributed by atoms with Crippen LogP contribution in [0, 0.1) is 6.92 Å². The van der Waals surface area contributed by atoms with Crippen molar-refractivity contribution in [3.8, 4) is 0 Å². The average molecular weight is 473 g/mol. The molecule has 3 rings (SSSR count). The third-order valence-corrected chi connectivity index (χ3v) is 8.50. The van der Waals surface area contributed by atoms with E-state index in [1.54, 1.807) is 26.8 Å². The summed E-state index contributed by atoms with van der Waals surface area (Å²) < 4.78 is 25.1. The molecule has 0 radical (unpaired) electrons. The van der Waals surface area contributed by atoms with Gasteiger partial charge in [0.2, 0.25) is 0 Å². The minimum Gasteiger partial charge on any atom is -0.388 e. The zero-order chi connectivity index (χ0) is 24.1. The van der Waals surface area contributed by atoms with Gasteiger partial charge in [-0.15, -0.1) is 0 Å². The van der Waals surface area contributed by atoms with E-state index in [4.69, 9.17) is 9.26 Å². The van der Waals surface area contributed by atoms with Crippen molar-refractivity contribution in [2.24, 2.45) is 0 Å². The number of nitrogens with one attached hydrogen (secondary N) is 1. The van der Waals surface area contributed by atoms with E-state index >= 15 is 0 Å². The molecule has 0 spiro atoms. The molecule has 2 aromatic heterocycles. The first-order valence-electron chi connectivity index (χ1n) is 10.6. The Hall–Kier alpha value is -1.59. The van der Waals surface area contributed by atoms with Crippen molar-refractivity contribution in [3.63, 3.8) is 0 Å². The summed E-state index contributed by atoms with van der Waals surface area (Å²) in [6.45, 7) is 7.91. The second-order valence-electron chi connectivity index (χ2n) is 8.92. The van der Waals surface area contributed by atoms with Gasteiger partial charge in [-0.1, -0.05) is 13.8 Å². The van der Waals surface area contributed by atoms with Crippen molar-refractivity contribution in [2.75, 3.05) is 0 Å². The Morgan fingerprint density at radius 2 is 1.94 bits per heavy atom. The van der Waals surface area contributed by atoms with Crippen LogP contribution in [0.2, 0.25) is 0 Å². The van der Waals surface area contributed by atoms with Crippen molar-refractivity contribution in [1.29, 1.82) is 0 Å². The number of fused-ring (bicyclic) bond motifs is 1. The molecule has 12 heteroatoms. The Morgan fingerprint density at radius 3 is 2.53 bits per heavy atom. The van der Waals surface area contributed by atoms with Gasteiger partial charge in [-0.3, -0.25) is 9.13 Å². The molecule has 1 aliphatic heterocycles. The normalized spacial score (nSPS) is 29.5. The van der Waals surface area contributed by atoms with E-state index in [1.165, 1.54) is 13.1 Å². The van der Waals surface area contributed by atoms with Crippen LogP contribution < -0.4 is 5.69 Å². The third-order valence-electron chi connectivity index (χ3n) is 6.28. The minimum atomic E-state index is -4.44. The number of hydrogen-bond donors (Lipinski definition) is 5. The topological polar surface area (TPSA) is 167 Å². The fraction of sp³-hybridized carbons (Fsp3) is 0.700. The summed E-state index contributed by atoms with van der Waals surface area (Å²) in [5, 5.41) is 30.2. The molecule has 1 fully saturated rings. The van der Waals surface area contributed by atoms with E-state index in [-0.39, 0.29) is 19.3 Å². The maximum Gasteiger partial charge on any atom is 0.359 e. The second kappa shape index (κ2) is 8.64. The van der Waals surface area contributed by atoms with Crippen molar-refractivity contribution in [1.82, 2.24) is 14.5 Å². The lowest BCUT2D eigenvalue weighted by Gasteiger charge is -2.37. The van der Waals surface area contributed by atoms with Crippen molar-refractivity contribution in [2.45, 2.75) is 89.4 Å². The van der Waals surface area contributed by atoms with E-state index in [0.29, 0.717) is 11.0 Å². The molecule has 180 valence electrons. The molecule has 2 aromatic rings. The number of aromatic nitrogens is 3. The van der Waals surface area contributed by atoms with Crippen LogP contribution in [0.25, 0.3) is 11.0 Å². The van der Waals surface area contributed by atoms with Gasteiger partial charge in [-0.2, -0.15) is 4.98 Å². The molecule has 0 aliphatic carbocycles. The van der Waals surface area contributed by atoms with Crippen LogP contribution in [-0.4, -0.2) is 64.0 Å². The molecular weight excluding hydrogens is 441 g/mol. The number of aromatic amines is 1. The summed E-state index contributed by atoms with van der Waals surface area (Å²) in [5.74, 6) is 0. The van der Waals surface area contributed by atoms with Gasteiger partial charge >= 0.3 is 13.3 Å². The van der Waals surface area contributed by atoms with Crippen molar-refractivity contribution < 1.29 is 34.0 Å². The first kappa shape index (κ1) is 25.0. The van der Waals surface area contributed by atoms with E-state index in [9.17, 15) is 29.6 Å². The summed E-state index contributed by atoms with van der Waals surface area (Å²) in [6, 6.07) is 1.79. The summed E-state index contributed by atoms with van der Waals surface area (Å²) >= 11 is 0. The Bertz CT molecular complexity index is 1080. The fourth-order valence-corrected chi connectivity index (χ4v) is 5.12. The highest BCUT2D eigenvalue weighted by molar-refractivity contribution is 7.54. The highest BCUT2D eigenvalue weighted by Gasteiger charge is 2.50. The largest absolute Gasteiger partial charge is 0.388 e. The van der Waals surface area contributed by atoms with Gasteiger partial charge in [-0.05, 0) is 39.7 Å². The molecule has 0 amide bonds. The molecule has 0 bridgehead atoms. The summed E-state index contributed by atoms with van der Waals surface area (Å²) in [5.41, 5.74) is -0.705. The number of nitrogens with zero attached hydrogens (tertiary/aromatic N) is 2. The molecule has 1 aliphatic rings. The molecule has 1 saturated heterocycles. The number of hydrogen-bond acceptors (Lipinski definition) is 8. The monoisotopic (exact) mass is 473 g/mol. The van der Waals surface area contributed by atoms with E-state index < -0.39 is 48.8 Å². The number of aliphatic hydroxyl groups is 3. The number of H-pyrrole nitrogens is 1. The Kier molecular flexibility index (Phi) is 6.76. The quantitative estimate of drug-likeness (QED) is 0.357. The van der Waals surface area contributed by atoms with Crippen molar-refractivity contribution >= 4 is 18.6 Å². The zero-order valence-electron chi connectivity index (χ0n) is 18.8. The first-order valence-corrected chi connectivity index (χ1v) is 12.2. The molecule has 0 aromatic carbocycles. The lowest BCUT2D eigenvalue weighted by atomic mass is 9.93. The SMILES string of the molecule is CCC(C)(C[C@H]1O[C@@H](n2cc3cc(C)[nH]c3nc2=O)[C@@H](O)C1O)OP(=O)(O)C(C)(O)CC. The lowest BCUT2D eigenvalue weighted by Crippen LogP contribution is -2.40. The van der Waals surface area contributed by atoms with Crippen LogP contribution in [0.15, 0.2) is 17.1 Å². The summed E-state index contributed by atoms with van der Waals surface area (Å²) in [7, 11) is -4.44. The van der Waals surface area contributed by atoms with Crippen LogP contribution in [0.5, 0.6) is 0 Å². The Balaban J connectivity index is 1.85. The van der Waals surface area contributed by atoms with Crippen LogP contribution in [0.4, 0.5) is 0 Å². The molecule has 11 nitrogen and oxygen atoms in total. The fourth-order valence-electron chi connectivity index (χ4n) is 3.72. The molecule has 4 unspecified atom stereocenters. The van der Waals surface area contributed by atoms with Crippen LogP contribution >= 0.6 is 7.60 Å². The predicted octanol–water partition coefficient (Wildman–Crippen LogP) is 1.53. The maximum absolute atomic E-state index is 12.7. The van der Waals surface area contributed by atoms with Crippen LogP contribution in [-0.2, 0) is 13.8 Å². The van der Waals surface area contributed by atoms with E-state index in [2.05, 4.69) is 9.97 Å². The van der Waals surface area contributed by atoms with Crippen LogP contribution in [0.1, 0.15) is 58.9 Å². The Labute approximate surface area is 185 Å². The average Bonchev–Trinajstić information content (AvgIpc) is 3.19. The highest BCUT2D eigenvalue weighted by atomic mass is 31.2. The number of ether oxygens (including phenoxy) is 1. The minimum absolute atomic E-state index is 0.000930. The van der Waals surface area contributed by atoms with Gasteiger partial charge in [0, 0.05) is 23.7 Å². The number of aryl methyl sites for hydroxylation is 1. The zero-order valence-corrected chi connectivity index (χ0v) is 19.7. The second-order valence-corrected chi connectivity index (χ2v) is 11.1. The maximum atomic E-state index is 12.7. The van der Waals surface area contributed by atoms with Gasteiger partial charge in [0.05, 0.1) is 11.7 Å². The standard InChI is InChI=1S/C20H32N3O8P/c1-6-19(4,31-32(28,29)20(5,27)7-2)9-13-14(24)15(25)17(30-13)23-10-12-8-11(3)21-16(12)22-18(23)26/h8,10,13-15,17,24-25,27H,6-7,9H2,1-5H3,(H,28,29)(H,21,22,26)/t13-,14?,15+,17-,19?,20?/m1/s1. The molecule has 7 atom stereocenters. The lowest BCUT2D eigenvalue weighted by molar-refractivity contribution is -0.0712. The molecule has 32 heavy (non-hydrogen) atoms. The summed E-state index contributed by atoms with van der Waals surface area (Å²) in [6.07, 6.45) is -3.31. The molecule has 5 N–H and O–H groups in total.